The van der Waals surface area contributed by atoms with Gasteiger partial charge in [0.05, 0.1) is 5.92 Å². The van der Waals surface area contributed by atoms with E-state index in [-0.39, 0.29) is 11.8 Å². The molecule has 2 aromatic carbocycles. The SMILES string of the molecule is O=C(NCc1ccsc1)C(c1ccccc1)c1ccccc1. The lowest BCUT2D eigenvalue weighted by Gasteiger charge is -2.17. The average molecular weight is 307 g/mol. The van der Waals surface area contributed by atoms with Gasteiger partial charge in [0.2, 0.25) is 5.91 Å². The summed E-state index contributed by atoms with van der Waals surface area (Å²) in [4.78, 5) is 12.7. The van der Waals surface area contributed by atoms with Gasteiger partial charge in [-0.1, -0.05) is 60.7 Å². The van der Waals surface area contributed by atoms with Gasteiger partial charge in [-0.15, -0.1) is 0 Å². The second-order valence-electron chi connectivity index (χ2n) is 5.10. The van der Waals surface area contributed by atoms with Crippen LogP contribution in [0.3, 0.4) is 0 Å². The maximum absolute atomic E-state index is 12.7. The number of carbonyl (C=O) groups excluding carboxylic acids is 1. The summed E-state index contributed by atoms with van der Waals surface area (Å²) in [6, 6.07) is 21.9. The van der Waals surface area contributed by atoms with E-state index in [1.165, 1.54) is 0 Å². The molecule has 1 aromatic heterocycles. The van der Waals surface area contributed by atoms with Crippen LogP contribution in [0.5, 0.6) is 0 Å². The zero-order valence-corrected chi connectivity index (χ0v) is 12.9. The summed E-state index contributed by atoms with van der Waals surface area (Å²) in [5.41, 5.74) is 3.16. The summed E-state index contributed by atoms with van der Waals surface area (Å²) >= 11 is 1.64. The minimum atomic E-state index is -0.277. The third-order valence-electron chi connectivity index (χ3n) is 3.57. The number of hydrogen-bond donors (Lipinski definition) is 1. The average Bonchev–Trinajstić information content (AvgIpc) is 3.09. The second kappa shape index (κ2) is 7.05. The normalized spacial score (nSPS) is 10.6. The van der Waals surface area contributed by atoms with Crippen LogP contribution in [0.25, 0.3) is 0 Å². The number of nitrogens with one attached hydrogen (secondary N) is 1. The van der Waals surface area contributed by atoms with Gasteiger partial charge in [0, 0.05) is 6.54 Å². The quantitative estimate of drug-likeness (QED) is 0.752. The molecule has 3 rings (SSSR count). The monoisotopic (exact) mass is 307 g/mol. The van der Waals surface area contributed by atoms with Crippen molar-refractivity contribution >= 4 is 17.2 Å². The van der Waals surface area contributed by atoms with E-state index in [0.717, 1.165) is 16.7 Å². The minimum absolute atomic E-state index is 0.0311. The van der Waals surface area contributed by atoms with Gasteiger partial charge in [-0.2, -0.15) is 11.3 Å². The topological polar surface area (TPSA) is 29.1 Å². The lowest BCUT2D eigenvalue weighted by Crippen LogP contribution is -2.29. The van der Waals surface area contributed by atoms with Crippen LogP contribution >= 0.6 is 11.3 Å². The third-order valence-corrected chi connectivity index (χ3v) is 4.31. The van der Waals surface area contributed by atoms with Gasteiger partial charge in [-0.05, 0) is 33.5 Å². The second-order valence-corrected chi connectivity index (χ2v) is 5.88. The first kappa shape index (κ1) is 14.5. The highest BCUT2D eigenvalue weighted by Crippen LogP contribution is 2.24. The fourth-order valence-electron chi connectivity index (χ4n) is 2.47. The summed E-state index contributed by atoms with van der Waals surface area (Å²) in [6.07, 6.45) is 0. The maximum atomic E-state index is 12.7. The standard InChI is InChI=1S/C19H17NOS/c21-19(20-13-15-11-12-22-14-15)18(16-7-3-1-4-8-16)17-9-5-2-6-10-17/h1-12,14,18H,13H2,(H,20,21). The van der Waals surface area contributed by atoms with Gasteiger partial charge in [-0.25, -0.2) is 0 Å². The number of hydrogen-bond acceptors (Lipinski definition) is 2. The molecule has 0 radical (unpaired) electrons. The van der Waals surface area contributed by atoms with Gasteiger partial charge in [0.15, 0.2) is 0 Å². The molecule has 0 spiro atoms. The Kier molecular flexibility index (Phi) is 4.66. The van der Waals surface area contributed by atoms with E-state index in [1.807, 2.05) is 72.1 Å². The fourth-order valence-corrected chi connectivity index (χ4v) is 3.14. The zero-order valence-electron chi connectivity index (χ0n) is 12.1. The molecule has 22 heavy (non-hydrogen) atoms. The van der Waals surface area contributed by atoms with Crippen molar-refractivity contribution in [3.8, 4) is 0 Å². The molecule has 110 valence electrons. The minimum Gasteiger partial charge on any atom is -0.351 e. The van der Waals surface area contributed by atoms with E-state index < -0.39 is 0 Å². The predicted octanol–water partition coefficient (Wildman–Crippen LogP) is 4.20. The first-order chi connectivity index (χ1) is 10.8. The van der Waals surface area contributed by atoms with Gasteiger partial charge < -0.3 is 5.32 Å². The van der Waals surface area contributed by atoms with Crippen molar-refractivity contribution in [2.24, 2.45) is 0 Å². The molecule has 1 amide bonds. The van der Waals surface area contributed by atoms with Crippen LogP contribution in [-0.4, -0.2) is 5.91 Å². The summed E-state index contributed by atoms with van der Waals surface area (Å²) < 4.78 is 0. The van der Waals surface area contributed by atoms with E-state index in [9.17, 15) is 4.79 Å². The smallest absolute Gasteiger partial charge is 0.232 e. The zero-order chi connectivity index (χ0) is 15.2. The largest absolute Gasteiger partial charge is 0.351 e. The van der Waals surface area contributed by atoms with Crippen LogP contribution < -0.4 is 5.32 Å². The molecule has 0 aliphatic heterocycles. The Morgan fingerprint density at radius 3 is 2.00 bits per heavy atom. The number of rotatable bonds is 5. The molecule has 0 aliphatic carbocycles. The first-order valence-corrected chi connectivity index (χ1v) is 8.17. The summed E-state index contributed by atoms with van der Waals surface area (Å²) in [7, 11) is 0. The van der Waals surface area contributed by atoms with Crippen molar-refractivity contribution in [2.75, 3.05) is 0 Å². The molecular weight excluding hydrogens is 290 g/mol. The molecule has 3 aromatic rings. The Balaban J connectivity index is 1.83. The Hall–Kier alpha value is -2.39. The van der Waals surface area contributed by atoms with Crippen molar-refractivity contribution in [3.05, 3.63) is 94.2 Å². The Bertz CT molecular complexity index is 668. The van der Waals surface area contributed by atoms with Crippen molar-refractivity contribution < 1.29 is 4.79 Å². The Morgan fingerprint density at radius 1 is 0.909 bits per heavy atom. The van der Waals surface area contributed by atoms with E-state index in [1.54, 1.807) is 11.3 Å². The lowest BCUT2D eigenvalue weighted by molar-refractivity contribution is -0.121. The number of thiophene rings is 1. The third kappa shape index (κ3) is 3.43. The highest BCUT2D eigenvalue weighted by atomic mass is 32.1. The van der Waals surface area contributed by atoms with Gasteiger partial charge in [0.1, 0.15) is 0 Å². The van der Waals surface area contributed by atoms with Crippen molar-refractivity contribution in [1.82, 2.24) is 5.32 Å². The predicted molar refractivity (Wildman–Crippen MR) is 90.9 cm³/mol. The van der Waals surface area contributed by atoms with Gasteiger partial charge >= 0.3 is 0 Å². The molecular formula is C19H17NOS. The Morgan fingerprint density at radius 2 is 1.50 bits per heavy atom. The number of amides is 1. The lowest BCUT2D eigenvalue weighted by atomic mass is 9.90. The molecule has 2 nitrogen and oxygen atoms in total. The molecule has 1 N–H and O–H groups in total. The van der Waals surface area contributed by atoms with Crippen molar-refractivity contribution in [3.63, 3.8) is 0 Å². The van der Waals surface area contributed by atoms with E-state index in [4.69, 9.17) is 0 Å². The molecule has 0 fully saturated rings. The van der Waals surface area contributed by atoms with Crippen molar-refractivity contribution in [1.29, 1.82) is 0 Å². The molecule has 0 unspecified atom stereocenters. The highest BCUT2D eigenvalue weighted by molar-refractivity contribution is 7.07. The molecule has 0 saturated heterocycles. The molecule has 0 atom stereocenters. The fraction of sp³-hybridized carbons (Fsp3) is 0.105. The Labute approximate surface area is 134 Å². The van der Waals surface area contributed by atoms with E-state index >= 15 is 0 Å². The van der Waals surface area contributed by atoms with Crippen LogP contribution in [-0.2, 0) is 11.3 Å². The van der Waals surface area contributed by atoms with Crippen LogP contribution in [0, 0.1) is 0 Å². The molecule has 0 bridgehead atoms. The van der Waals surface area contributed by atoms with Crippen LogP contribution in [0.4, 0.5) is 0 Å². The van der Waals surface area contributed by atoms with Crippen molar-refractivity contribution in [2.45, 2.75) is 12.5 Å². The summed E-state index contributed by atoms with van der Waals surface area (Å²) in [5, 5.41) is 7.13. The maximum Gasteiger partial charge on any atom is 0.232 e. The van der Waals surface area contributed by atoms with E-state index in [2.05, 4.69) is 10.7 Å². The summed E-state index contributed by atoms with van der Waals surface area (Å²) in [5.74, 6) is -0.246. The van der Waals surface area contributed by atoms with Gasteiger partial charge in [0.25, 0.3) is 0 Å². The molecule has 0 saturated carbocycles. The highest BCUT2D eigenvalue weighted by Gasteiger charge is 2.22. The van der Waals surface area contributed by atoms with Gasteiger partial charge in [-0.3, -0.25) is 4.79 Å². The number of carbonyl (C=O) groups is 1. The summed E-state index contributed by atoms with van der Waals surface area (Å²) in [6.45, 7) is 0.568. The molecule has 3 heteroatoms. The molecule has 1 heterocycles. The first-order valence-electron chi connectivity index (χ1n) is 7.23. The van der Waals surface area contributed by atoms with Crippen LogP contribution in [0.15, 0.2) is 77.5 Å². The molecule has 0 aliphatic rings. The number of benzene rings is 2. The van der Waals surface area contributed by atoms with Crippen LogP contribution in [0.2, 0.25) is 0 Å². The van der Waals surface area contributed by atoms with E-state index in [0.29, 0.717) is 6.54 Å². The van der Waals surface area contributed by atoms with Crippen LogP contribution in [0.1, 0.15) is 22.6 Å².